The van der Waals surface area contributed by atoms with E-state index < -0.39 is 9.84 Å². The fourth-order valence-electron chi connectivity index (χ4n) is 2.54. The average molecular weight is 380 g/mol. The van der Waals surface area contributed by atoms with Crippen LogP contribution in [0.1, 0.15) is 23.1 Å². The summed E-state index contributed by atoms with van der Waals surface area (Å²) in [6, 6.07) is 12.1. The Balaban J connectivity index is 1.98. The van der Waals surface area contributed by atoms with Gasteiger partial charge in [0.05, 0.1) is 10.6 Å². The van der Waals surface area contributed by atoms with Gasteiger partial charge in [0.1, 0.15) is 0 Å². The maximum Gasteiger partial charge on any atom is 0.223 e. The van der Waals surface area contributed by atoms with Gasteiger partial charge in [0.2, 0.25) is 5.91 Å². The van der Waals surface area contributed by atoms with Crippen molar-refractivity contribution < 1.29 is 13.2 Å². The number of benzene rings is 2. The van der Waals surface area contributed by atoms with E-state index >= 15 is 0 Å². The molecule has 0 atom stereocenters. The Morgan fingerprint density at radius 3 is 2.32 bits per heavy atom. The molecule has 0 radical (unpaired) electrons. The van der Waals surface area contributed by atoms with E-state index in [-0.39, 0.29) is 23.0 Å². The summed E-state index contributed by atoms with van der Waals surface area (Å²) in [5.41, 5.74) is 3.35. The number of rotatable bonds is 6. The van der Waals surface area contributed by atoms with Crippen LogP contribution in [0.2, 0.25) is 5.02 Å². The monoisotopic (exact) mass is 379 g/mol. The zero-order chi connectivity index (χ0) is 18.6. The highest BCUT2D eigenvalue weighted by molar-refractivity contribution is 7.91. The van der Waals surface area contributed by atoms with Crippen LogP contribution in [0.5, 0.6) is 0 Å². The first-order chi connectivity index (χ1) is 11.7. The normalized spacial score (nSPS) is 11.4. The second kappa shape index (κ2) is 8.02. The highest BCUT2D eigenvalue weighted by atomic mass is 35.5. The minimum Gasteiger partial charge on any atom is -0.341 e. The molecule has 0 aromatic heterocycles. The van der Waals surface area contributed by atoms with Gasteiger partial charge in [-0.05, 0) is 49.2 Å². The topological polar surface area (TPSA) is 54.5 Å². The standard InChI is InChI=1S/C19H22ClNO3S/c1-14-4-5-16(15(2)12-14)13-21(3)19(22)10-11-25(23,24)18-8-6-17(20)7-9-18/h4-9,12H,10-11,13H2,1-3H3. The van der Waals surface area contributed by atoms with Crippen LogP contribution in [0.4, 0.5) is 0 Å². The summed E-state index contributed by atoms with van der Waals surface area (Å²) in [6.07, 6.45) is -0.0492. The molecule has 0 spiro atoms. The molecular weight excluding hydrogens is 358 g/mol. The van der Waals surface area contributed by atoms with Gasteiger partial charge in [0, 0.05) is 25.0 Å². The molecule has 0 heterocycles. The van der Waals surface area contributed by atoms with Gasteiger partial charge in [-0.3, -0.25) is 4.79 Å². The molecule has 2 rings (SSSR count). The molecule has 0 bridgehead atoms. The summed E-state index contributed by atoms with van der Waals surface area (Å²) < 4.78 is 24.6. The lowest BCUT2D eigenvalue weighted by atomic mass is 10.1. The van der Waals surface area contributed by atoms with E-state index in [0.29, 0.717) is 11.6 Å². The number of halogens is 1. The number of carbonyl (C=O) groups excluding carboxylic acids is 1. The number of hydrogen-bond acceptors (Lipinski definition) is 3. The second-order valence-corrected chi connectivity index (χ2v) is 8.75. The zero-order valence-electron chi connectivity index (χ0n) is 14.6. The SMILES string of the molecule is Cc1ccc(CN(C)C(=O)CCS(=O)(=O)c2ccc(Cl)cc2)c(C)c1. The molecule has 134 valence electrons. The number of aryl methyl sites for hydroxylation is 2. The van der Waals surface area contributed by atoms with Gasteiger partial charge in [-0.2, -0.15) is 0 Å². The number of carbonyl (C=O) groups is 1. The third kappa shape index (κ3) is 5.31. The van der Waals surface area contributed by atoms with Crippen LogP contribution in [-0.2, 0) is 21.2 Å². The molecule has 0 fully saturated rings. The summed E-state index contributed by atoms with van der Waals surface area (Å²) in [5.74, 6) is -0.414. The predicted molar refractivity (Wildman–Crippen MR) is 101 cm³/mol. The number of sulfone groups is 1. The van der Waals surface area contributed by atoms with Crippen molar-refractivity contribution in [3.63, 3.8) is 0 Å². The van der Waals surface area contributed by atoms with Crippen molar-refractivity contribution in [1.82, 2.24) is 4.90 Å². The second-order valence-electron chi connectivity index (χ2n) is 6.20. The van der Waals surface area contributed by atoms with Crippen LogP contribution in [0.25, 0.3) is 0 Å². The van der Waals surface area contributed by atoms with Crippen molar-refractivity contribution in [3.8, 4) is 0 Å². The fourth-order valence-corrected chi connectivity index (χ4v) is 3.90. The largest absolute Gasteiger partial charge is 0.341 e. The van der Waals surface area contributed by atoms with Crippen molar-refractivity contribution in [2.24, 2.45) is 0 Å². The zero-order valence-corrected chi connectivity index (χ0v) is 16.2. The molecule has 1 amide bonds. The van der Waals surface area contributed by atoms with E-state index in [1.165, 1.54) is 29.8 Å². The van der Waals surface area contributed by atoms with Gasteiger partial charge in [-0.25, -0.2) is 8.42 Å². The Morgan fingerprint density at radius 1 is 1.08 bits per heavy atom. The first kappa shape index (κ1) is 19.5. The Labute approximate surface area is 154 Å². The van der Waals surface area contributed by atoms with E-state index in [0.717, 1.165) is 11.1 Å². The summed E-state index contributed by atoms with van der Waals surface area (Å²) in [7, 11) is -1.81. The van der Waals surface area contributed by atoms with Crippen LogP contribution < -0.4 is 0 Å². The fraction of sp³-hybridized carbons (Fsp3) is 0.316. The smallest absolute Gasteiger partial charge is 0.223 e. The first-order valence-electron chi connectivity index (χ1n) is 7.97. The molecule has 0 aliphatic carbocycles. The highest BCUT2D eigenvalue weighted by Gasteiger charge is 2.18. The Kier molecular flexibility index (Phi) is 6.25. The number of hydrogen-bond donors (Lipinski definition) is 0. The van der Waals surface area contributed by atoms with Gasteiger partial charge >= 0.3 is 0 Å². The molecule has 6 heteroatoms. The van der Waals surface area contributed by atoms with Gasteiger partial charge < -0.3 is 4.90 Å². The molecule has 4 nitrogen and oxygen atoms in total. The number of amides is 1. The minimum absolute atomic E-state index is 0.0492. The third-order valence-corrected chi connectivity index (χ3v) is 6.07. The molecule has 0 aliphatic rings. The van der Waals surface area contributed by atoms with Crippen molar-refractivity contribution >= 4 is 27.3 Å². The summed E-state index contributed by atoms with van der Waals surface area (Å²) in [4.78, 5) is 14.0. The van der Waals surface area contributed by atoms with E-state index in [4.69, 9.17) is 11.6 Å². The first-order valence-corrected chi connectivity index (χ1v) is 10.0. The van der Waals surface area contributed by atoms with E-state index in [1.807, 2.05) is 26.0 Å². The van der Waals surface area contributed by atoms with Crippen molar-refractivity contribution in [2.75, 3.05) is 12.8 Å². The van der Waals surface area contributed by atoms with E-state index in [2.05, 4.69) is 6.07 Å². The van der Waals surface area contributed by atoms with Crippen LogP contribution in [0.15, 0.2) is 47.4 Å². The molecule has 25 heavy (non-hydrogen) atoms. The van der Waals surface area contributed by atoms with Crippen LogP contribution in [0.3, 0.4) is 0 Å². The van der Waals surface area contributed by atoms with Crippen LogP contribution >= 0.6 is 11.6 Å². The maximum atomic E-state index is 12.3. The lowest BCUT2D eigenvalue weighted by molar-refractivity contribution is -0.130. The van der Waals surface area contributed by atoms with Gasteiger partial charge in [-0.1, -0.05) is 35.4 Å². The molecule has 0 saturated carbocycles. The quantitative estimate of drug-likeness (QED) is 0.767. The van der Waals surface area contributed by atoms with Gasteiger partial charge in [0.25, 0.3) is 0 Å². The lowest BCUT2D eigenvalue weighted by Crippen LogP contribution is -2.28. The maximum absolute atomic E-state index is 12.3. The van der Waals surface area contributed by atoms with Gasteiger partial charge in [0.15, 0.2) is 9.84 Å². The number of nitrogens with zero attached hydrogens (tertiary/aromatic N) is 1. The molecule has 0 saturated heterocycles. The van der Waals surface area contributed by atoms with Crippen molar-refractivity contribution in [3.05, 3.63) is 64.2 Å². The Bertz CT molecular complexity index is 861. The lowest BCUT2D eigenvalue weighted by Gasteiger charge is -2.19. The van der Waals surface area contributed by atoms with Crippen LogP contribution in [-0.4, -0.2) is 32.0 Å². The average Bonchev–Trinajstić information content (AvgIpc) is 2.55. The van der Waals surface area contributed by atoms with Crippen LogP contribution in [0, 0.1) is 13.8 Å². The highest BCUT2D eigenvalue weighted by Crippen LogP contribution is 2.17. The Morgan fingerprint density at radius 2 is 1.72 bits per heavy atom. The summed E-state index contributed by atoms with van der Waals surface area (Å²) in [5, 5.41) is 0.475. The van der Waals surface area contributed by atoms with Crippen molar-refractivity contribution in [1.29, 1.82) is 0 Å². The molecule has 2 aromatic carbocycles. The molecular formula is C19H22ClNO3S. The molecule has 2 aromatic rings. The Hall–Kier alpha value is -1.85. The van der Waals surface area contributed by atoms with Gasteiger partial charge in [-0.15, -0.1) is 0 Å². The molecule has 0 aliphatic heterocycles. The summed E-state index contributed by atoms with van der Waals surface area (Å²) >= 11 is 5.77. The molecule has 0 unspecified atom stereocenters. The minimum atomic E-state index is -3.50. The molecule has 0 N–H and O–H groups in total. The van der Waals surface area contributed by atoms with Crippen molar-refractivity contribution in [2.45, 2.75) is 31.7 Å². The predicted octanol–water partition coefficient (Wildman–Crippen LogP) is 3.78. The third-order valence-electron chi connectivity index (χ3n) is 4.09. The van der Waals surface area contributed by atoms with E-state index in [9.17, 15) is 13.2 Å². The summed E-state index contributed by atoms with van der Waals surface area (Å²) in [6.45, 7) is 4.49. The van der Waals surface area contributed by atoms with E-state index in [1.54, 1.807) is 11.9 Å².